The lowest BCUT2D eigenvalue weighted by Crippen LogP contribution is -2.57. The number of amides is 1. The third-order valence-electron chi connectivity index (χ3n) is 5.42. The molecule has 2 heterocycles. The standard InChI is InChI=1S/C19H31N3OS/c23-19(9-8-16-5-2-1-3-6-16)22-11-10-20-13-17(22)14-21-15-18-7-4-12-24-18/h4,7,12,16-17,20-21H,1-3,5-6,8-11,13-15H2/t17-/m0/s1. The monoisotopic (exact) mass is 349 g/mol. The van der Waals surface area contributed by atoms with Crippen molar-refractivity contribution in [3.8, 4) is 0 Å². The quantitative estimate of drug-likeness (QED) is 0.795. The molecule has 1 saturated carbocycles. The molecular formula is C19H31N3OS. The van der Waals surface area contributed by atoms with Crippen molar-refractivity contribution in [1.29, 1.82) is 0 Å². The van der Waals surface area contributed by atoms with E-state index >= 15 is 0 Å². The van der Waals surface area contributed by atoms with Crippen molar-refractivity contribution in [2.24, 2.45) is 5.92 Å². The molecule has 134 valence electrons. The SMILES string of the molecule is O=C(CCC1CCCCC1)N1CCNC[C@H]1CNCc1cccs1. The Hall–Kier alpha value is -0.910. The van der Waals surface area contributed by atoms with Crippen LogP contribution in [0.3, 0.4) is 0 Å². The summed E-state index contributed by atoms with van der Waals surface area (Å²) in [6.07, 6.45) is 8.62. The third-order valence-corrected chi connectivity index (χ3v) is 6.30. The minimum Gasteiger partial charge on any atom is -0.336 e. The van der Waals surface area contributed by atoms with Gasteiger partial charge in [0.05, 0.1) is 6.04 Å². The van der Waals surface area contributed by atoms with E-state index in [-0.39, 0.29) is 6.04 Å². The van der Waals surface area contributed by atoms with Crippen LogP contribution in [0.5, 0.6) is 0 Å². The Balaban J connectivity index is 1.43. The second-order valence-corrected chi connectivity index (χ2v) is 8.23. The third kappa shape index (κ3) is 5.30. The zero-order valence-corrected chi connectivity index (χ0v) is 15.5. The van der Waals surface area contributed by atoms with Crippen molar-refractivity contribution in [3.05, 3.63) is 22.4 Å². The fourth-order valence-electron chi connectivity index (χ4n) is 3.99. The van der Waals surface area contributed by atoms with Gasteiger partial charge in [0.25, 0.3) is 0 Å². The lowest BCUT2D eigenvalue weighted by atomic mass is 9.86. The first-order valence-corrected chi connectivity index (χ1v) is 10.4. The summed E-state index contributed by atoms with van der Waals surface area (Å²) in [5, 5.41) is 9.07. The Morgan fingerprint density at radius 3 is 3.00 bits per heavy atom. The molecule has 2 fully saturated rings. The van der Waals surface area contributed by atoms with Crippen LogP contribution in [0.25, 0.3) is 0 Å². The fraction of sp³-hybridized carbons (Fsp3) is 0.737. The maximum atomic E-state index is 12.7. The molecule has 2 aliphatic rings. The first-order chi connectivity index (χ1) is 11.8. The molecule has 0 bridgehead atoms. The van der Waals surface area contributed by atoms with E-state index < -0.39 is 0 Å². The predicted molar refractivity (Wildman–Crippen MR) is 100 cm³/mol. The lowest BCUT2D eigenvalue weighted by Gasteiger charge is -2.37. The summed E-state index contributed by atoms with van der Waals surface area (Å²) in [6, 6.07) is 4.53. The van der Waals surface area contributed by atoms with Crippen LogP contribution in [0.1, 0.15) is 49.8 Å². The number of nitrogens with zero attached hydrogens (tertiary/aromatic N) is 1. The van der Waals surface area contributed by atoms with Crippen molar-refractivity contribution in [1.82, 2.24) is 15.5 Å². The maximum Gasteiger partial charge on any atom is 0.222 e. The van der Waals surface area contributed by atoms with E-state index in [0.717, 1.165) is 51.5 Å². The van der Waals surface area contributed by atoms with E-state index in [4.69, 9.17) is 0 Å². The molecule has 0 unspecified atom stereocenters. The summed E-state index contributed by atoms with van der Waals surface area (Å²) in [7, 11) is 0. The molecule has 3 rings (SSSR count). The van der Waals surface area contributed by atoms with Crippen LogP contribution in [-0.4, -0.2) is 43.0 Å². The Morgan fingerprint density at radius 2 is 2.21 bits per heavy atom. The first-order valence-electron chi connectivity index (χ1n) is 9.56. The van der Waals surface area contributed by atoms with Crippen molar-refractivity contribution in [2.45, 2.75) is 57.5 Å². The number of hydrogen-bond donors (Lipinski definition) is 2. The molecule has 1 aliphatic carbocycles. The minimum atomic E-state index is 0.289. The van der Waals surface area contributed by atoms with Gasteiger partial charge in [-0.2, -0.15) is 0 Å². The van der Waals surface area contributed by atoms with Gasteiger partial charge < -0.3 is 15.5 Å². The number of carbonyl (C=O) groups excluding carboxylic acids is 1. The van der Waals surface area contributed by atoms with Crippen molar-refractivity contribution in [3.63, 3.8) is 0 Å². The van der Waals surface area contributed by atoms with E-state index in [1.165, 1.54) is 37.0 Å². The van der Waals surface area contributed by atoms with Crippen LogP contribution < -0.4 is 10.6 Å². The zero-order valence-electron chi connectivity index (χ0n) is 14.6. The molecule has 0 spiro atoms. The first kappa shape index (κ1) is 17.9. The normalized spacial score (nSPS) is 22.7. The van der Waals surface area contributed by atoms with Crippen LogP contribution in [0.15, 0.2) is 17.5 Å². The Morgan fingerprint density at radius 1 is 1.33 bits per heavy atom. The van der Waals surface area contributed by atoms with Gasteiger partial charge >= 0.3 is 0 Å². The Kier molecular flexibility index (Phi) is 7.12. The number of carbonyl (C=O) groups is 1. The topological polar surface area (TPSA) is 44.4 Å². The van der Waals surface area contributed by atoms with E-state index in [2.05, 4.69) is 33.0 Å². The smallest absolute Gasteiger partial charge is 0.222 e. The van der Waals surface area contributed by atoms with Crippen LogP contribution in [0, 0.1) is 5.92 Å². The fourth-order valence-corrected chi connectivity index (χ4v) is 4.67. The molecule has 24 heavy (non-hydrogen) atoms. The number of rotatable bonds is 7. The lowest BCUT2D eigenvalue weighted by molar-refractivity contribution is -0.134. The van der Waals surface area contributed by atoms with Gasteiger partial charge in [-0.25, -0.2) is 0 Å². The molecule has 1 aromatic rings. The molecular weight excluding hydrogens is 318 g/mol. The van der Waals surface area contributed by atoms with Crippen molar-refractivity contribution >= 4 is 17.2 Å². The molecule has 1 amide bonds. The highest BCUT2D eigenvalue weighted by atomic mass is 32.1. The zero-order chi connectivity index (χ0) is 16.6. The molecule has 1 aliphatic heterocycles. The van der Waals surface area contributed by atoms with E-state index in [9.17, 15) is 4.79 Å². The number of nitrogens with one attached hydrogen (secondary N) is 2. The highest BCUT2D eigenvalue weighted by molar-refractivity contribution is 7.09. The number of thiophene rings is 1. The highest BCUT2D eigenvalue weighted by Gasteiger charge is 2.26. The summed E-state index contributed by atoms with van der Waals surface area (Å²) < 4.78 is 0. The molecule has 1 aromatic heterocycles. The van der Waals surface area contributed by atoms with E-state index in [1.54, 1.807) is 11.3 Å². The molecule has 2 N–H and O–H groups in total. The van der Waals surface area contributed by atoms with Gasteiger partial charge in [0, 0.05) is 44.0 Å². The summed E-state index contributed by atoms with van der Waals surface area (Å²) >= 11 is 1.78. The summed E-state index contributed by atoms with van der Waals surface area (Å²) in [5.41, 5.74) is 0. The minimum absolute atomic E-state index is 0.289. The van der Waals surface area contributed by atoms with Crippen molar-refractivity contribution in [2.75, 3.05) is 26.2 Å². The van der Waals surface area contributed by atoms with Crippen LogP contribution in [-0.2, 0) is 11.3 Å². The van der Waals surface area contributed by atoms with Crippen LogP contribution >= 0.6 is 11.3 Å². The van der Waals surface area contributed by atoms with Crippen LogP contribution in [0.4, 0.5) is 0 Å². The summed E-state index contributed by atoms with van der Waals surface area (Å²) in [6.45, 7) is 4.47. The molecule has 0 aromatic carbocycles. The van der Waals surface area contributed by atoms with Gasteiger partial charge in [-0.05, 0) is 23.8 Å². The van der Waals surface area contributed by atoms with Gasteiger partial charge in [-0.3, -0.25) is 4.79 Å². The Labute approximate surface area is 150 Å². The second-order valence-electron chi connectivity index (χ2n) is 7.20. The molecule has 5 heteroatoms. The second kappa shape index (κ2) is 9.54. The average Bonchev–Trinajstić information content (AvgIpc) is 3.14. The van der Waals surface area contributed by atoms with Crippen molar-refractivity contribution < 1.29 is 4.79 Å². The average molecular weight is 350 g/mol. The Bertz CT molecular complexity index is 485. The van der Waals surface area contributed by atoms with Gasteiger partial charge in [0.15, 0.2) is 0 Å². The molecule has 1 saturated heterocycles. The summed E-state index contributed by atoms with van der Waals surface area (Å²) in [4.78, 5) is 16.2. The van der Waals surface area contributed by atoms with Gasteiger partial charge in [-0.1, -0.05) is 38.2 Å². The summed E-state index contributed by atoms with van der Waals surface area (Å²) in [5.74, 6) is 1.16. The molecule has 4 nitrogen and oxygen atoms in total. The predicted octanol–water partition coefficient (Wildman–Crippen LogP) is 3.00. The largest absolute Gasteiger partial charge is 0.336 e. The van der Waals surface area contributed by atoms with Gasteiger partial charge in [0.2, 0.25) is 5.91 Å². The molecule has 1 atom stereocenters. The van der Waals surface area contributed by atoms with E-state index in [1.807, 2.05) is 0 Å². The van der Waals surface area contributed by atoms with Crippen LogP contribution in [0.2, 0.25) is 0 Å². The number of hydrogen-bond acceptors (Lipinski definition) is 4. The number of piperazine rings is 1. The highest BCUT2D eigenvalue weighted by Crippen LogP contribution is 2.27. The molecule has 0 radical (unpaired) electrons. The van der Waals surface area contributed by atoms with Gasteiger partial charge in [0.1, 0.15) is 0 Å². The van der Waals surface area contributed by atoms with Gasteiger partial charge in [-0.15, -0.1) is 11.3 Å². The van der Waals surface area contributed by atoms with E-state index in [0.29, 0.717) is 5.91 Å². The maximum absolute atomic E-state index is 12.7.